The van der Waals surface area contributed by atoms with Crippen molar-refractivity contribution in [3.05, 3.63) is 0 Å². The first-order valence-corrected chi connectivity index (χ1v) is 5.38. The van der Waals surface area contributed by atoms with Crippen LogP contribution in [0.2, 0.25) is 0 Å². The normalized spacial score (nSPS) is 27.9. The molecule has 0 bridgehead atoms. The summed E-state index contributed by atoms with van der Waals surface area (Å²) in [5.74, 6) is -0.851. The molecule has 94 valence electrons. The highest BCUT2D eigenvalue weighted by Gasteiger charge is 2.34. The highest BCUT2D eigenvalue weighted by molar-refractivity contribution is 5.66. The molecule has 0 radical (unpaired) electrons. The maximum Gasteiger partial charge on any atom is 0.302 e. The summed E-state index contributed by atoms with van der Waals surface area (Å²) in [5, 5.41) is 8.76. The number of carbonyl (C=O) groups is 2. The standard InChI is InChI=1S/C11H15NO5/c1-7(13)15-6-11-10(16-8(2)14)4-3-9(5-12)17-11/h9-11H,3-4,6H2,1-2H3/t9-,10+,11-/m1/s1. The Labute approximate surface area is 99.4 Å². The fourth-order valence-electron chi connectivity index (χ4n) is 1.66. The van der Waals surface area contributed by atoms with Crippen LogP contribution < -0.4 is 0 Å². The van der Waals surface area contributed by atoms with Crippen molar-refractivity contribution in [2.45, 2.75) is 45.0 Å². The molecule has 3 atom stereocenters. The third-order valence-electron chi connectivity index (χ3n) is 2.38. The predicted molar refractivity (Wildman–Crippen MR) is 55.7 cm³/mol. The largest absolute Gasteiger partial charge is 0.463 e. The van der Waals surface area contributed by atoms with Gasteiger partial charge >= 0.3 is 11.9 Å². The number of rotatable bonds is 3. The van der Waals surface area contributed by atoms with Crippen LogP contribution in [0.25, 0.3) is 0 Å². The Hall–Kier alpha value is -1.61. The molecule has 1 aliphatic rings. The van der Waals surface area contributed by atoms with E-state index in [1.165, 1.54) is 13.8 Å². The number of esters is 2. The molecule has 0 aliphatic carbocycles. The molecule has 0 aromatic rings. The van der Waals surface area contributed by atoms with E-state index in [0.717, 1.165) is 0 Å². The summed E-state index contributed by atoms with van der Waals surface area (Å²) in [6.07, 6.45) is -0.533. The molecule has 6 nitrogen and oxygen atoms in total. The van der Waals surface area contributed by atoms with Gasteiger partial charge in [0.15, 0.2) is 0 Å². The van der Waals surface area contributed by atoms with Gasteiger partial charge in [0.1, 0.15) is 24.9 Å². The van der Waals surface area contributed by atoms with Gasteiger partial charge in [0.2, 0.25) is 0 Å². The zero-order valence-electron chi connectivity index (χ0n) is 9.84. The van der Waals surface area contributed by atoms with Crippen molar-refractivity contribution in [3.8, 4) is 6.07 Å². The van der Waals surface area contributed by atoms with Crippen LogP contribution in [-0.2, 0) is 23.8 Å². The molecule has 0 N–H and O–H groups in total. The number of hydrogen-bond donors (Lipinski definition) is 0. The summed E-state index contributed by atoms with van der Waals surface area (Å²) < 4.78 is 15.3. The number of ether oxygens (including phenoxy) is 3. The van der Waals surface area contributed by atoms with Crippen molar-refractivity contribution < 1.29 is 23.8 Å². The Bertz CT molecular complexity index is 335. The third kappa shape index (κ3) is 4.41. The van der Waals surface area contributed by atoms with Gasteiger partial charge in [-0.3, -0.25) is 9.59 Å². The lowest BCUT2D eigenvalue weighted by Gasteiger charge is -2.32. The van der Waals surface area contributed by atoms with E-state index in [1.807, 2.05) is 6.07 Å². The van der Waals surface area contributed by atoms with Crippen LogP contribution in [0.3, 0.4) is 0 Å². The van der Waals surface area contributed by atoms with Crippen LogP contribution in [0, 0.1) is 11.3 Å². The maximum absolute atomic E-state index is 10.9. The second kappa shape index (κ2) is 6.21. The van der Waals surface area contributed by atoms with Crippen molar-refractivity contribution in [1.82, 2.24) is 0 Å². The molecule has 1 fully saturated rings. The molecule has 0 amide bonds. The lowest BCUT2D eigenvalue weighted by atomic mass is 10.0. The second-order valence-corrected chi connectivity index (χ2v) is 3.82. The molecule has 1 saturated heterocycles. The lowest BCUT2D eigenvalue weighted by molar-refractivity contribution is -0.175. The molecule has 0 aromatic carbocycles. The Morgan fingerprint density at radius 2 is 2.06 bits per heavy atom. The van der Waals surface area contributed by atoms with Gasteiger partial charge in [-0.05, 0) is 12.8 Å². The van der Waals surface area contributed by atoms with Crippen molar-refractivity contribution in [1.29, 1.82) is 5.26 Å². The number of nitriles is 1. The Morgan fingerprint density at radius 3 is 2.59 bits per heavy atom. The number of carbonyl (C=O) groups excluding carboxylic acids is 2. The van der Waals surface area contributed by atoms with Gasteiger partial charge in [0.25, 0.3) is 0 Å². The average Bonchev–Trinajstić information content (AvgIpc) is 2.27. The molecule has 0 spiro atoms. The lowest BCUT2D eigenvalue weighted by Crippen LogP contribution is -2.43. The minimum absolute atomic E-state index is 0.00847. The molecule has 6 heteroatoms. The summed E-state index contributed by atoms with van der Waals surface area (Å²) >= 11 is 0. The van der Waals surface area contributed by atoms with Gasteiger partial charge in [-0.2, -0.15) is 5.26 Å². The van der Waals surface area contributed by atoms with E-state index in [0.29, 0.717) is 12.8 Å². The summed E-state index contributed by atoms with van der Waals surface area (Å²) in [6, 6.07) is 1.99. The van der Waals surface area contributed by atoms with Gasteiger partial charge in [-0.15, -0.1) is 0 Å². The third-order valence-corrected chi connectivity index (χ3v) is 2.38. The van der Waals surface area contributed by atoms with Gasteiger partial charge in [-0.1, -0.05) is 0 Å². The summed E-state index contributed by atoms with van der Waals surface area (Å²) in [5.41, 5.74) is 0. The Balaban J connectivity index is 2.58. The summed E-state index contributed by atoms with van der Waals surface area (Å²) in [4.78, 5) is 21.6. The van der Waals surface area contributed by atoms with E-state index < -0.39 is 30.3 Å². The van der Waals surface area contributed by atoms with E-state index in [2.05, 4.69) is 0 Å². The van der Waals surface area contributed by atoms with E-state index in [9.17, 15) is 9.59 Å². The topological polar surface area (TPSA) is 85.6 Å². The minimum atomic E-state index is -0.568. The molecule has 1 heterocycles. The van der Waals surface area contributed by atoms with Crippen molar-refractivity contribution in [3.63, 3.8) is 0 Å². The molecule has 0 unspecified atom stereocenters. The van der Waals surface area contributed by atoms with E-state index in [-0.39, 0.29) is 6.61 Å². The first-order valence-electron chi connectivity index (χ1n) is 5.38. The fourth-order valence-corrected chi connectivity index (χ4v) is 1.66. The van der Waals surface area contributed by atoms with Crippen LogP contribution in [0.15, 0.2) is 0 Å². The smallest absolute Gasteiger partial charge is 0.302 e. The number of nitrogens with zero attached hydrogens (tertiary/aromatic N) is 1. The highest BCUT2D eigenvalue weighted by atomic mass is 16.6. The first kappa shape index (κ1) is 13.5. The van der Waals surface area contributed by atoms with E-state index >= 15 is 0 Å². The molecule has 17 heavy (non-hydrogen) atoms. The molecule has 0 aromatic heterocycles. The summed E-state index contributed by atoms with van der Waals surface area (Å²) in [7, 11) is 0. The summed E-state index contributed by atoms with van der Waals surface area (Å²) in [6.45, 7) is 2.58. The monoisotopic (exact) mass is 241 g/mol. The fraction of sp³-hybridized carbons (Fsp3) is 0.727. The van der Waals surface area contributed by atoms with Gasteiger partial charge in [0.05, 0.1) is 6.07 Å². The highest BCUT2D eigenvalue weighted by Crippen LogP contribution is 2.22. The first-order chi connectivity index (χ1) is 8.02. The number of hydrogen-bond acceptors (Lipinski definition) is 6. The van der Waals surface area contributed by atoms with Crippen molar-refractivity contribution >= 4 is 11.9 Å². The second-order valence-electron chi connectivity index (χ2n) is 3.82. The van der Waals surface area contributed by atoms with Gasteiger partial charge in [-0.25, -0.2) is 0 Å². The van der Waals surface area contributed by atoms with Gasteiger partial charge < -0.3 is 14.2 Å². The average molecular weight is 241 g/mol. The van der Waals surface area contributed by atoms with Crippen molar-refractivity contribution in [2.24, 2.45) is 0 Å². The zero-order chi connectivity index (χ0) is 12.8. The van der Waals surface area contributed by atoms with Crippen LogP contribution in [0.4, 0.5) is 0 Å². The molecule has 0 saturated carbocycles. The Kier molecular flexibility index (Phi) is 4.91. The van der Waals surface area contributed by atoms with Crippen LogP contribution in [0.1, 0.15) is 26.7 Å². The van der Waals surface area contributed by atoms with Crippen LogP contribution in [-0.4, -0.2) is 36.9 Å². The predicted octanol–water partition coefficient (Wildman–Crippen LogP) is 0.552. The van der Waals surface area contributed by atoms with Crippen LogP contribution in [0.5, 0.6) is 0 Å². The van der Waals surface area contributed by atoms with E-state index in [1.54, 1.807) is 0 Å². The quantitative estimate of drug-likeness (QED) is 0.671. The molecule has 1 aliphatic heterocycles. The minimum Gasteiger partial charge on any atom is -0.463 e. The zero-order valence-corrected chi connectivity index (χ0v) is 9.84. The molecule has 1 rings (SSSR count). The van der Waals surface area contributed by atoms with Gasteiger partial charge in [0, 0.05) is 13.8 Å². The van der Waals surface area contributed by atoms with Crippen LogP contribution >= 0.6 is 0 Å². The maximum atomic E-state index is 10.9. The Morgan fingerprint density at radius 1 is 1.35 bits per heavy atom. The van der Waals surface area contributed by atoms with Crippen molar-refractivity contribution in [2.75, 3.05) is 6.61 Å². The SMILES string of the molecule is CC(=O)OC[C@H]1O[C@@H](C#N)CC[C@@H]1OC(C)=O. The van der Waals surface area contributed by atoms with E-state index in [4.69, 9.17) is 19.5 Å². The molecular formula is C11H15NO5. The molecular weight excluding hydrogens is 226 g/mol.